The SMILES string of the molecule is CCC(C)C(=O)CSc1ncc(C)cn1. The van der Waals surface area contributed by atoms with Crippen LogP contribution < -0.4 is 0 Å². The second-order valence-electron chi connectivity index (χ2n) is 3.61. The first-order chi connectivity index (χ1) is 7.13. The van der Waals surface area contributed by atoms with E-state index in [-0.39, 0.29) is 11.7 Å². The largest absolute Gasteiger partial charge is 0.298 e. The van der Waals surface area contributed by atoms with Gasteiger partial charge in [0.15, 0.2) is 5.16 Å². The molecule has 1 heterocycles. The van der Waals surface area contributed by atoms with Gasteiger partial charge in [0, 0.05) is 18.3 Å². The van der Waals surface area contributed by atoms with E-state index in [1.54, 1.807) is 12.4 Å². The summed E-state index contributed by atoms with van der Waals surface area (Å²) >= 11 is 1.41. The van der Waals surface area contributed by atoms with Crippen molar-refractivity contribution in [2.75, 3.05) is 5.75 Å². The van der Waals surface area contributed by atoms with E-state index in [0.29, 0.717) is 10.9 Å². The second-order valence-corrected chi connectivity index (χ2v) is 4.55. The zero-order chi connectivity index (χ0) is 11.3. The van der Waals surface area contributed by atoms with Gasteiger partial charge < -0.3 is 0 Å². The minimum atomic E-state index is 0.142. The van der Waals surface area contributed by atoms with Crippen molar-refractivity contribution in [1.82, 2.24) is 9.97 Å². The zero-order valence-corrected chi connectivity index (χ0v) is 10.2. The summed E-state index contributed by atoms with van der Waals surface area (Å²) in [6.45, 7) is 5.92. The molecule has 0 aliphatic carbocycles. The third-order valence-corrected chi connectivity index (χ3v) is 3.16. The molecule has 1 atom stereocenters. The molecule has 4 heteroatoms. The Kier molecular flexibility index (Phi) is 4.75. The molecule has 15 heavy (non-hydrogen) atoms. The van der Waals surface area contributed by atoms with Gasteiger partial charge >= 0.3 is 0 Å². The maximum atomic E-state index is 11.5. The predicted molar refractivity (Wildman–Crippen MR) is 62.0 cm³/mol. The van der Waals surface area contributed by atoms with Crippen molar-refractivity contribution in [2.45, 2.75) is 32.3 Å². The first-order valence-electron chi connectivity index (χ1n) is 5.07. The quantitative estimate of drug-likeness (QED) is 0.569. The monoisotopic (exact) mass is 224 g/mol. The number of carbonyl (C=O) groups excluding carboxylic acids is 1. The summed E-state index contributed by atoms with van der Waals surface area (Å²) < 4.78 is 0. The molecule has 1 aromatic heterocycles. The Morgan fingerprint density at radius 3 is 2.60 bits per heavy atom. The van der Waals surface area contributed by atoms with Crippen LogP contribution in [0.5, 0.6) is 0 Å². The van der Waals surface area contributed by atoms with E-state index in [9.17, 15) is 4.79 Å². The third kappa shape index (κ3) is 4.00. The van der Waals surface area contributed by atoms with Crippen molar-refractivity contribution in [2.24, 2.45) is 5.92 Å². The Morgan fingerprint density at radius 1 is 1.47 bits per heavy atom. The van der Waals surface area contributed by atoms with Crippen molar-refractivity contribution >= 4 is 17.5 Å². The van der Waals surface area contributed by atoms with E-state index in [1.165, 1.54) is 11.8 Å². The van der Waals surface area contributed by atoms with Gasteiger partial charge in [-0.15, -0.1) is 0 Å². The van der Waals surface area contributed by atoms with Crippen LogP contribution in [0.1, 0.15) is 25.8 Å². The molecule has 82 valence electrons. The fourth-order valence-corrected chi connectivity index (χ4v) is 1.77. The number of aromatic nitrogens is 2. The molecular formula is C11H16N2OS. The molecule has 0 aliphatic rings. The van der Waals surface area contributed by atoms with Crippen LogP contribution in [0, 0.1) is 12.8 Å². The van der Waals surface area contributed by atoms with Gasteiger partial charge in [-0.3, -0.25) is 4.79 Å². The number of ketones is 1. The zero-order valence-electron chi connectivity index (χ0n) is 9.36. The predicted octanol–water partition coefficient (Wildman–Crippen LogP) is 2.49. The van der Waals surface area contributed by atoms with Crippen molar-refractivity contribution < 1.29 is 4.79 Å². The number of rotatable bonds is 5. The van der Waals surface area contributed by atoms with Crippen molar-refractivity contribution in [3.63, 3.8) is 0 Å². The summed E-state index contributed by atoms with van der Waals surface area (Å²) in [5, 5.41) is 0.678. The highest BCUT2D eigenvalue weighted by molar-refractivity contribution is 7.99. The van der Waals surface area contributed by atoms with Crippen LogP contribution in [0.4, 0.5) is 0 Å². The fraction of sp³-hybridized carbons (Fsp3) is 0.545. The topological polar surface area (TPSA) is 42.9 Å². The minimum absolute atomic E-state index is 0.142. The van der Waals surface area contributed by atoms with Crippen LogP contribution in [-0.4, -0.2) is 21.5 Å². The molecule has 0 fully saturated rings. The fourth-order valence-electron chi connectivity index (χ4n) is 0.961. The lowest BCUT2D eigenvalue weighted by Crippen LogP contribution is -2.12. The summed E-state index contributed by atoms with van der Waals surface area (Å²) in [7, 11) is 0. The Labute approximate surface area is 94.7 Å². The van der Waals surface area contributed by atoms with Crippen molar-refractivity contribution in [1.29, 1.82) is 0 Å². The molecule has 0 saturated heterocycles. The highest BCUT2D eigenvalue weighted by Crippen LogP contribution is 2.15. The number of hydrogen-bond acceptors (Lipinski definition) is 4. The molecule has 0 spiro atoms. The molecule has 0 radical (unpaired) electrons. The summed E-state index contributed by atoms with van der Waals surface area (Å²) in [6.07, 6.45) is 4.43. The molecule has 0 N–H and O–H groups in total. The minimum Gasteiger partial charge on any atom is -0.298 e. The number of thioether (sulfide) groups is 1. The molecule has 0 saturated carbocycles. The number of Topliss-reactive ketones (excluding diaryl/α,β-unsaturated/α-hetero) is 1. The van der Waals surface area contributed by atoms with Gasteiger partial charge in [0.25, 0.3) is 0 Å². The maximum Gasteiger partial charge on any atom is 0.187 e. The molecule has 1 unspecified atom stereocenters. The van der Waals surface area contributed by atoms with E-state index in [1.807, 2.05) is 20.8 Å². The highest BCUT2D eigenvalue weighted by atomic mass is 32.2. The molecule has 0 aromatic carbocycles. The lowest BCUT2D eigenvalue weighted by Gasteiger charge is -2.05. The standard InChI is InChI=1S/C11H16N2OS/c1-4-9(3)10(14)7-15-11-12-5-8(2)6-13-11/h5-6,9H,4,7H2,1-3H3. The maximum absolute atomic E-state index is 11.5. The molecule has 1 rings (SSSR count). The summed E-state index contributed by atoms with van der Waals surface area (Å²) in [6, 6.07) is 0. The number of aryl methyl sites for hydroxylation is 1. The Bertz CT molecular complexity index is 324. The summed E-state index contributed by atoms with van der Waals surface area (Å²) in [5.74, 6) is 0.882. The van der Waals surface area contributed by atoms with Gasteiger partial charge in [0.2, 0.25) is 0 Å². The van der Waals surface area contributed by atoms with Gasteiger partial charge in [0.1, 0.15) is 5.78 Å². The van der Waals surface area contributed by atoms with Crippen LogP contribution in [0.15, 0.2) is 17.6 Å². The van der Waals surface area contributed by atoms with Gasteiger partial charge in [-0.05, 0) is 18.9 Å². The van der Waals surface area contributed by atoms with Crippen molar-refractivity contribution in [3.8, 4) is 0 Å². The first kappa shape index (κ1) is 12.2. The number of carbonyl (C=O) groups is 1. The van der Waals surface area contributed by atoms with Crippen molar-refractivity contribution in [3.05, 3.63) is 18.0 Å². The van der Waals surface area contributed by atoms with Crippen LogP contribution in [0.25, 0.3) is 0 Å². The average molecular weight is 224 g/mol. The van der Waals surface area contributed by atoms with E-state index >= 15 is 0 Å². The number of hydrogen-bond donors (Lipinski definition) is 0. The Balaban J connectivity index is 2.43. The molecule has 0 amide bonds. The lowest BCUT2D eigenvalue weighted by atomic mass is 10.1. The molecule has 3 nitrogen and oxygen atoms in total. The van der Waals surface area contributed by atoms with Gasteiger partial charge in [-0.1, -0.05) is 25.6 Å². The molecule has 1 aromatic rings. The van der Waals surface area contributed by atoms with E-state index in [0.717, 1.165) is 12.0 Å². The highest BCUT2D eigenvalue weighted by Gasteiger charge is 2.11. The van der Waals surface area contributed by atoms with E-state index in [2.05, 4.69) is 9.97 Å². The second kappa shape index (κ2) is 5.85. The molecular weight excluding hydrogens is 208 g/mol. The van der Waals surface area contributed by atoms with Crippen LogP contribution in [-0.2, 0) is 4.79 Å². The normalized spacial score (nSPS) is 12.5. The summed E-state index contributed by atoms with van der Waals surface area (Å²) in [4.78, 5) is 19.8. The van der Waals surface area contributed by atoms with E-state index < -0.39 is 0 Å². The van der Waals surface area contributed by atoms with E-state index in [4.69, 9.17) is 0 Å². The smallest absolute Gasteiger partial charge is 0.187 e. The third-order valence-electron chi connectivity index (χ3n) is 2.26. The molecule has 0 aliphatic heterocycles. The van der Waals surface area contributed by atoms with Gasteiger partial charge in [0.05, 0.1) is 5.75 Å². The van der Waals surface area contributed by atoms with Gasteiger partial charge in [-0.25, -0.2) is 9.97 Å². The summed E-state index contributed by atoms with van der Waals surface area (Å²) in [5.41, 5.74) is 1.03. The lowest BCUT2D eigenvalue weighted by molar-refractivity contribution is -0.119. The average Bonchev–Trinajstić information content (AvgIpc) is 2.26. The van der Waals surface area contributed by atoms with Crippen LogP contribution >= 0.6 is 11.8 Å². The van der Waals surface area contributed by atoms with Crippen LogP contribution in [0.2, 0.25) is 0 Å². The first-order valence-corrected chi connectivity index (χ1v) is 6.06. The van der Waals surface area contributed by atoms with Gasteiger partial charge in [-0.2, -0.15) is 0 Å². The Hall–Kier alpha value is -0.900. The molecule has 0 bridgehead atoms. The Morgan fingerprint density at radius 2 is 2.07 bits per heavy atom. The number of nitrogens with zero attached hydrogens (tertiary/aromatic N) is 2. The van der Waals surface area contributed by atoms with Crippen LogP contribution in [0.3, 0.4) is 0 Å².